The maximum absolute atomic E-state index is 12.3. The van der Waals surface area contributed by atoms with Crippen molar-refractivity contribution in [2.75, 3.05) is 0 Å². The molecule has 0 radical (unpaired) electrons. The van der Waals surface area contributed by atoms with Gasteiger partial charge in [0.2, 0.25) is 0 Å². The van der Waals surface area contributed by atoms with Gasteiger partial charge in [-0.2, -0.15) is 11.3 Å². The van der Waals surface area contributed by atoms with Gasteiger partial charge in [-0.25, -0.2) is 4.98 Å². The van der Waals surface area contributed by atoms with Crippen molar-refractivity contribution in [2.45, 2.75) is 18.9 Å². The van der Waals surface area contributed by atoms with Gasteiger partial charge in [-0.3, -0.25) is 9.59 Å². The Morgan fingerprint density at radius 2 is 2.18 bits per heavy atom. The fourth-order valence-corrected chi connectivity index (χ4v) is 3.16. The lowest BCUT2D eigenvalue weighted by atomic mass is 9.82. The second-order valence-electron chi connectivity index (χ2n) is 5.03. The molecule has 22 heavy (non-hydrogen) atoms. The first-order chi connectivity index (χ1) is 10.3. The molecule has 2 atom stereocenters. The molecule has 2 rings (SSSR count). The van der Waals surface area contributed by atoms with E-state index in [4.69, 9.17) is 10.8 Å². The van der Waals surface area contributed by atoms with Crippen molar-refractivity contribution in [3.63, 3.8) is 0 Å². The summed E-state index contributed by atoms with van der Waals surface area (Å²) in [4.78, 5) is 27.6. The minimum Gasteiger partial charge on any atom is -0.481 e. The Morgan fingerprint density at radius 1 is 1.45 bits per heavy atom. The first kappa shape index (κ1) is 16.8. The molecule has 3 N–H and O–H groups in total. The number of carbonyl (C=O) groups excluding carboxylic acids is 1. The second-order valence-corrected chi connectivity index (χ2v) is 6.62. The highest BCUT2D eigenvalue weighted by atomic mass is 79.9. The van der Waals surface area contributed by atoms with Gasteiger partial charge in [0.1, 0.15) is 16.3 Å². The number of ketones is 1. The van der Waals surface area contributed by atoms with E-state index in [0.29, 0.717) is 10.3 Å². The highest BCUT2D eigenvalue weighted by Gasteiger charge is 2.37. The summed E-state index contributed by atoms with van der Waals surface area (Å²) in [6.45, 7) is 1.37. The zero-order valence-corrected chi connectivity index (χ0v) is 14.2. The van der Waals surface area contributed by atoms with Crippen LogP contribution in [0.15, 0.2) is 39.6 Å². The van der Waals surface area contributed by atoms with Crippen LogP contribution in [0.1, 0.15) is 24.6 Å². The van der Waals surface area contributed by atoms with Crippen LogP contribution in [0.5, 0.6) is 0 Å². The predicted molar refractivity (Wildman–Crippen MR) is 87.6 cm³/mol. The molecule has 0 bridgehead atoms. The number of carbonyl (C=O) groups is 2. The van der Waals surface area contributed by atoms with E-state index in [1.807, 2.05) is 16.8 Å². The van der Waals surface area contributed by atoms with Crippen LogP contribution in [0.2, 0.25) is 0 Å². The number of carboxylic acid groups (broad SMARTS) is 1. The Hall–Kier alpha value is -1.57. The van der Waals surface area contributed by atoms with Crippen LogP contribution in [-0.2, 0) is 15.1 Å². The Balaban J connectivity index is 2.44. The molecule has 0 aromatic carbocycles. The molecule has 116 valence electrons. The molecule has 5 nitrogen and oxygen atoms in total. The maximum Gasteiger partial charge on any atom is 0.313 e. The highest BCUT2D eigenvalue weighted by Crippen LogP contribution is 2.32. The number of Topliss-reactive ketones (excluding diaryl/α,β-unsaturated/α-hetero) is 1. The number of nitrogens with zero attached hydrogens (tertiary/aromatic N) is 1. The van der Waals surface area contributed by atoms with E-state index in [2.05, 4.69) is 20.9 Å². The van der Waals surface area contributed by atoms with Crippen molar-refractivity contribution < 1.29 is 14.7 Å². The largest absolute Gasteiger partial charge is 0.481 e. The number of carboxylic acids is 1. The Kier molecular flexibility index (Phi) is 5.10. The summed E-state index contributed by atoms with van der Waals surface area (Å²) in [6.07, 6.45) is -0.124. The minimum atomic E-state index is -1.15. The molecule has 0 saturated carbocycles. The van der Waals surface area contributed by atoms with Crippen LogP contribution in [0.3, 0.4) is 0 Å². The third kappa shape index (κ3) is 3.43. The first-order valence-corrected chi connectivity index (χ1v) is 8.28. The lowest BCUT2D eigenvalue weighted by Gasteiger charge is -2.28. The van der Waals surface area contributed by atoms with E-state index in [0.717, 1.165) is 5.56 Å². The van der Waals surface area contributed by atoms with Crippen LogP contribution < -0.4 is 5.73 Å². The molecule has 0 aliphatic rings. The standard InChI is InChI=1S/C15H15BrN2O3S/c1-9(14(20)21)11(19)7-15(17,10-5-6-22-8-10)12-3-2-4-13(16)18-12/h2-6,8-9H,7,17H2,1H3,(H,20,21). The average Bonchev–Trinajstić information content (AvgIpc) is 3.00. The number of nitrogens with two attached hydrogens (primary N) is 1. The number of thiophene rings is 1. The zero-order valence-electron chi connectivity index (χ0n) is 11.8. The Labute approximate surface area is 140 Å². The van der Waals surface area contributed by atoms with Gasteiger partial charge in [0.15, 0.2) is 0 Å². The summed E-state index contributed by atoms with van der Waals surface area (Å²) in [6, 6.07) is 7.11. The number of hydrogen-bond acceptors (Lipinski definition) is 5. The van der Waals surface area contributed by atoms with Gasteiger partial charge in [0.25, 0.3) is 0 Å². The van der Waals surface area contributed by atoms with E-state index < -0.39 is 23.2 Å². The summed E-state index contributed by atoms with van der Waals surface area (Å²) in [7, 11) is 0. The summed E-state index contributed by atoms with van der Waals surface area (Å²) in [5, 5.41) is 12.7. The molecule has 2 aromatic heterocycles. The molecule has 2 heterocycles. The normalized spacial score (nSPS) is 15.0. The van der Waals surface area contributed by atoms with Gasteiger partial charge in [0.05, 0.1) is 11.2 Å². The molecule has 0 saturated heterocycles. The van der Waals surface area contributed by atoms with Crippen molar-refractivity contribution in [1.82, 2.24) is 4.98 Å². The molecule has 7 heteroatoms. The van der Waals surface area contributed by atoms with E-state index in [1.165, 1.54) is 18.3 Å². The average molecular weight is 383 g/mol. The number of halogens is 1. The van der Waals surface area contributed by atoms with E-state index >= 15 is 0 Å². The minimum absolute atomic E-state index is 0.124. The fourth-order valence-electron chi connectivity index (χ4n) is 2.08. The van der Waals surface area contributed by atoms with Gasteiger partial charge in [0, 0.05) is 6.42 Å². The number of pyridine rings is 1. The monoisotopic (exact) mass is 382 g/mol. The fraction of sp³-hybridized carbons (Fsp3) is 0.267. The van der Waals surface area contributed by atoms with E-state index in [1.54, 1.807) is 18.2 Å². The number of hydrogen-bond donors (Lipinski definition) is 2. The summed E-state index contributed by atoms with van der Waals surface area (Å²) in [5.74, 6) is -2.68. The molecule has 0 aliphatic heterocycles. The SMILES string of the molecule is CC(C(=O)O)C(=O)CC(N)(c1ccsc1)c1cccc(Br)n1. The maximum atomic E-state index is 12.3. The highest BCUT2D eigenvalue weighted by molar-refractivity contribution is 9.10. The Morgan fingerprint density at radius 3 is 2.73 bits per heavy atom. The van der Waals surface area contributed by atoms with Crippen LogP contribution in [0.4, 0.5) is 0 Å². The number of rotatable bonds is 6. The molecular weight excluding hydrogens is 368 g/mol. The lowest BCUT2D eigenvalue weighted by Crippen LogP contribution is -2.42. The molecule has 0 fully saturated rings. The van der Waals surface area contributed by atoms with Gasteiger partial charge in [-0.15, -0.1) is 0 Å². The predicted octanol–water partition coefficient (Wildman–Crippen LogP) is 2.79. The van der Waals surface area contributed by atoms with Crippen molar-refractivity contribution in [2.24, 2.45) is 11.7 Å². The topological polar surface area (TPSA) is 93.3 Å². The molecule has 0 spiro atoms. The molecule has 2 aromatic rings. The van der Waals surface area contributed by atoms with Gasteiger partial charge in [-0.05, 0) is 57.4 Å². The Bertz CT molecular complexity index is 690. The lowest BCUT2D eigenvalue weighted by molar-refractivity contribution is -0.145. The van der Waals surface area contributed by atoms with E-state index in [-0.39, 0.29) is 6.42 Å². The second kappa shape index (κ2) is 6.68. The van der Waals surface area contributed by atoms with Crippen molar-refractivity contribution >= 4 is 39.0 Å². The van der Waals surface area contributed by atoms with Gasteiger partial charge >= 0.3 is 5.97 Å². The van der Waals surface area contributed by atoms with Crippen LogP contribution >= 0.6 is 27.3 Å². The number of aromatic nitrogens is 1. The van der Waals surface area contributed by atoms with Crippen molar-refractivity contribution in [1.29, 1.82) is 0 Å². The third-order valence-corrected chi connectivity index (χ3v) is 4.64. The third-order valence-electron chi connectivity index (χ3n) is 3.51. The van der Waals surface area contributed by atoms with Gasteiger partial charge < -0.3 is 10.8 Å². The van der Waals surface area contributed by atoms with Crippen molar-refractivity contribution in [3.8, 4) is 0 Å². The van der Waals surface area contributed by atoms with Crippen LogP contribution in [0, 0.1) is 5.92 Å². The summed E-state index contributed by atoms with van der Waals surface area (Å²) in [5.41, 5.74) is 6.62. The smallest absolute Gasteiger partial charge is 0.313 e. The van der Waals surface area contributed by atoms with Crippen molar-refractivity contribution in [3.05, 3.63) is 50.9 Å². The molecule has 0 amide bonds. The molecule has 2 unspecified atom stereocenters. The number of aliphatic carboxylic acids is 1. The summed E-state index contributed by atoms with van der Waals surface area (Å²) >= 11 is 4.75. The van der Waals surface area contributed by atoms with E-state index in [9.17, 15) is 9.59 Å². The zero-order chi connectivity index (χ0) is 16.3. The first-order valence-electron chi connectivity index (χ1n) is 6.54. The molecule has 0 aliphatic carbocycles. The molecular formula is C15H15BrN2O3S. The van der Waals surface area contributed by atoms with Crippen LogP contribution in [0.25, 0.3) is 0 Å². The van der Waals surface area contributed by atoms with Crippen LogP contribution in [-0.4, -0.2) is 21.8 Å². The van der Waals surface area contributed by atoms with Gasteiger partial charge in [-0.1, -0.05) is 6.07 Å². The quantitative estimate of drug-likeness (QED) is 0.591. The summed E-state index contributed by atoms with van der Waals surface area (Å²) < 4.78 is 0.605.